The molecule has 0 aromatic heterocycles. The third-order valence-corrected chi connectivity index (χ3v) is 14.5. The largest absolute Gasteiger partial charge is 0.462 e. The van der Waals surface area contributed by atoms with Crippen LogP contribution in [-0.4, -0.2) is 37.2 Å². The molecule has 0 saturated heterocycles. The van der Waals surface area contributed by atoms with Gasteiger partial charge in [-0.25, -0.2) is 0 Å². The van der Waals surface area contributed by atoms with Crippen molar-refractivity contribution >= 4 is 17.9 Å². The van der Waals surface area contributed by atoms with Crippen LogP contribution in [0.5, 0.6) is 0 Å². The minimum Gasteiger partial charge on any atom is -0.462 e. The molecule has 0 aliphatic heterocycles. The van der Waals surface area contributed by atoms with E-state index in [1.54, 1.807) is 0 Å². The van der Waals surface area contributed by atoms with Crippen molar-refractivity contribution in [3.05, 3.63) is 12.2 Å². The Bertz CT molecular complexity index is 1090. The van der Waals surface area contributed by atoms with E-state index in [0.717, 1.165) is 57.8 Å². The van der Waals surface area contributed by atoms with E-state index < -0.39 is 6.10 Å². The quantitative estimate of drug-likeness (QED) is 0.0261. The molecule has 0 saturated carbocycles. The highest BCUT2D eigenvalue weighted by atomic mass is 16.6. The normalized spacial score (nSPS) is 12.0. The summed E-state index contributed by atoms with van der Waals surface area (Å²) in [5, 5.41) is 0. The molecule has 414 valence electrons. The average molecular weight is 988 g/mol. The van der Waals surface area contributed by atoms with Gasteiger partial charge in [0, 0.05) is 19.3 Å². The summed E-state index contributed by atoms with van der Waals surface area (Å²) in [6.45, 7) is 6.70. The van der Waals surface area contributed by atoms with E-state index in [-0.39, 0.29) is 31.1 Å². The summed E-state index contributed by atoms with van der Waals surface area (Å²) in [6.07, 6.45) is 69.4. The molecule has 0 fully saturated rings. The summed E-state index contributed by atoms with van der Waals surface area (Å²) in [6, 6.07) is 0. The Morgan fingerprint density at radius 2 is 0.471 bits per heavy atom. The van der Waals surface area contributed by atoms with Gasteiger partial charge in [-0.1, -0.05) is 309 Å². The van der Waals surface area contributed by atoms with Crippen LogP contribution in [0.25, 0.3) is 0 Å². The van der Waals surface area contributed by atoms with Gasteiger partial charge in [0.15, 0.2) is 6.10 Å². The van der Waals surface area contributed by atoms with Crippen molar-refractivity contribution in [3.8, 4) is 0 Å². The second-order valence-corrected chi connectivity index (χ2v) is 21.7. The highest BCUT2D eigenvalue weighted by Crippen LogP contribution is 2.18. The molecule has 0 heterocycles. The fourth-order valence-electron chi connectivity index (χ4n) is 9.74. The van der Waals surface area contributed by atoms with E-state index in [1.165, 1.54) is 263 Å². The lowest BCUT2D eigenvalue weighted by molar-refractivity contribution is -0.167. The molecule has 70 heavy (non-hydrogen) atoms. The summed E-state index contributed by atoms with van der Waals surface area (Å²) in [5.41, 5.74) is 0. The molecule has 0 N–H and O–H groups in total. The third-order valence-electron chi connectivity index (χ3n) is 14.5. The monoisotopic (exact) mass is 987 g/mol. The Morgan fingerprint density at radius 3 is 0.714 bits per heavy atom. The molecule has 6 nitrogen and oxygen atoms in total. The number of allylic oxidation sites excluding steroid dienone is 2. The average Bonchev–Trinajstić information content (AvgIpc) is 3.36. The number of carbonyl (C=O) groups excluding carboxylic acids is 3. The zero-order chi connectivity index (χ0) is 50.7. The van der Waals surface area contributed by atoms with Gasteiger partial charge in [0.2, 0.25) is 0 Å². The highest BCUT2D eigenvalue weighted by molar-refractivity contribution is 5.71. The molecule has 0 aromatic carbocycles. The lowest BCUT2D eigenvalue weighted by Crippen LogP contribution is -2.30. The van der Waals surface area contributed by atoms with Crippen LogP contribution in [0.4, 0.5) is 0 Å². The van der Waals surface area contributed by atoms with E-state index in [0.29, 0.717) is 19.3 Å². The van der Waals surface area contributed by atoms with Gasteiger partial charge in [-0.05, 0) is 44.9 Å². The molecule has 0 aromatic rings. The third kappa shape index (κ3) is 57.1. The first-order chi connectivity index (χ1) is 34.5. The minimum atomic E-state index is -0.763. The molecule has 0 amide bonds. The van der Waals surface area contributed by atoms with Crippen molar-refractivity contribution in [2.75, 3.05) is 13.2 Å². The Balaban J connectivity index is 4.12. The molecule has 0 radical (unpaired) electrons. The van der Waals surface area contributed by atoms with Crippen LogP contribution in [-0.2, 0) is 28.6 Å². The van der Waals surface area contributed by atoms with Gasteiger partial charge < -0.3 is 14.2 Å². The van der Waals surface area contributed by atoms with Crippen LogP contribution in [0.15, 0.2) is 12.2 Å². The first-order valence-corrected chi connectivity index (χ1v) is 31.7. The van der Waals surface area contributed by atoms with Gasteiger partial charge in [-0.3, -0.25) is 14.4 Å². The molecule has 0 aliphatic carbocycles. The molecular formula is C64H122O6. The lowest BCUT2D eigenvalue weighted by atomic mass is 10.0. The van der Waals surface area contributed by atoms with Gasteiger partial charge in [-0.2, -0.15) is 0 Å². The lowest BCUT2D eigenvalue weighted by Gasteiger charge is -2.18. The zero-order valence-corrected chi connectivity index (χ0v) is 47.6. The molecule has 6 heteroatoms. The first kappa shape index (κ1) is 68.2. The predicted molar refractivity (Wildman–Crippen MR) is 303 cm³/mol. The Morgan fingerprint density at radius 1 is 0.271 bits per heavy atom. The Hall–Kier alpha value is -1.85. The molecular weight excluding hydrogens is 865 g/mol. The van der Waals surface area contributed by atoms with Crippen LogP contribution < -0.4 is 0 Å². The van der Waals surface area contributed by atoms with Crippen LogP contribution in [0.1, 0.15) is 361 Å². The number of unbranched alkanes of at least 4 members (excludes halogenated alkanes) is 46. The van der Waals surface area contributed by atoms with Gasteiger partial charge in [0.25, 0.3) is 0 Å². The van der Waals surface area contributed by atoms with E-state index in [2.05, 4.69) is 32.9 Å². The number of hydrogen-bond donors (Lipinski definition) is 0. The van der Waals surface area contributed by atoms with Crippen molar-refractivity contribution in [2.45, 2.75) is 367 Å². The van der Waals surface area contributed by atoms with E-state index in [4.69, 9.17) is 14.2 Å². The van der Waals surface area contributed by atoms with Crippen molar-refractivity contribution in [1.82, 2.24) is 0 Å². The Kier molecular flexibility index (Phi) is 58.1. The maximum absolute atomic E-state index is 12.8. The van der Waals surface area contributed by atoms with Crippen LogP contribution in [0.2, 0.25) is 0 Å². The number of rotatable bonds is 59. The van der Waals surface area contributed by atoms with Gasteiger partial charge in [0.05, 0.1) is 0 Å². The fraction of sp³-hybridized carbons (Fsp3) is 0.922. The molecule has 0 aliphatic rings. The van der Waals surface area contributed by atoms with Crippen molar-refractivity contribution in [3.63, 3.8) is 0 Å². The Labute approximate surface area is 437 Å². The van der Waals surface area contributed by atoms with Gasteiger partial charge in [0.1, 0.15) is 13.2 Å². The summed E-state index contributed by atoms with van der Waals surface area (Å²) < 4.78 is 16.9. The first-order valence-electron chi connectivity index (χ1n) is 31.7. The molecule has 0 bridgehead atoms. The van der Waals surface area contributed by atoms with Gasteiger partial charge in [-0.15, -0.1) is 0 Å². The predicted octanol–water partition coefficient (Wildman–Crippen LogP) is 21.3. The molecule has 0 spiro atoms. The summed E-state index contributed by atoms with van der Waals surface area (Å²) in [5.74, 6) is -0.837. The van der Waals surface area contributed by atoms with Crippen LogP contribution >= 0.6 is 0 Å². The van der Waals surface area contributed by atoms with E-state index >= 15 is 0 Å². The summed E-state index contributed by atoms with van der Waals surface area (Å²) in [7, 11) is 0. The van der Waals surface area contributed by atoms with Gasteiger partial charge >= 0.3 is 17.9 Å². The zero-order valence-electron chi connectivity index (χ0n) is 47.6. The number of hydrogen-bond acceptors (Lipinski definition) is 6. The fourth-order valence-corrected chi connectivity index (χ4v) is 9.74. The van der Waals surface area contributed by atoms with E-state index in [9.17, 15) is 14.4 Å². The van der Waals surface area contributed by atoms with Crippen LogP contribution in [0.3, 0.4) is 0 Å². The maximum Gasteiger partial charge on any atom is 0.306 e. The summed E-state index contributed by atoms with van der Waals surface area (Å²) >= 11 is 0. The summed E-state index contributed by atoms with van der Waals surface area (Å²) in [4.78, 5) is 38.1. The van der Waals surface area contributed by atoms with Crippen LogP contribution in [0, 0.1) is 0 Å². The van der Waals surface area contributed by atoms with Crippen molar-refractivity contribution in [2.24, 2.45) is 0 Å². The maximum atomic E-state index is 12.8. The standard InChI is InChI=1S/C64H122O6/c1-4-7-10-13-16-19-22-24-26-27-28-29-30-31-32-33-34-35-36-37-38-40-42-45-48-51-54-57-63(66)69-60-61(59-68-62(65)56-53-50-47-44-41-21-18-15-12-9-6-3)70-64(67)58-55-52-49-46-43-39-25-23-20-17-14-11-8-5-2/h27-28,61H,4-26,29-60H2,1-3H3/b28-27-. The number of ether oxygens (including phenoxy) is 3. The number of carbonyl (C=O) groups is 3. The van der Waals surface area contributed by atoms with Crippen molar-refractivity contribution < 1.29 is 28.6 Å². The number of esters is 3. The molecule has 1 unspecified atom stereocenters. The SMILES string of the molecule is CCCCCCCCCC/C=C\CCCCCCCCCCCCCCCCCC(=O)OCC(COC(=O)CCCCCCCCCCCCC)OC(=O)CCCCCCCCCCCCCCCC. The van der Waals surface area contributed by atoms with E-state index in [1.807, 2.05) is 0 Å². The molecule has 0 rings (SSSR count). The second-order valence-electron chi connectivity index (χ2n) is 21.7. The topological polar surface area (TPSA) is 78.9 Å². The minimum absolute atomic E-state index is 0.0631. The second kappa shape index (κ2) is 59.7. The highest BCUT2D eigenvalue weighted by Gasteiger charge is 2.19. The smallest absolute Gasteiger partial charge is 0.306 e. The van der Waals surface area contributed by atoms with Crippen molar-refractivity contribution in [1.29, 1.82) is 0 Å². The molecule has 1 atom stereocenters.